The van der Waals surface area contributed by atoms with E-state index >= 15 is 0 Å². The average molecular weight is 241 g/mol. The smallest absolute Gasteiger partial charge is 0.261 e. The zero-order valence-electron chi connectivity index (χ0n) is 8.59. The molecule has 6 heteroatoms. The summed E-state index contributed by atoms with van der Waals surface area (Å²) in [6, 6.07) is 0.373. The molecule has 0 amide bonds. The molecule has 1 fully saturated rings. The third kappa shape index (κ3) is 6.17. The van der Waals surface area contributed by atoms with Crippen molar-refractivity contribution in [3.63, 3.8) is 0 Å². The van der Waals surface area contributed by atoms with E-state index in [1.807, 2.05) is 0 Å². The quantitative estimate of drug-likeness (QED) is 0.698. The van der Waals surface area contributed by atoms with Gasteiger partial charge in [0.25, 0.3) is 6.43 Å². The lowest BCUT2D eigenvalue weighted by Gasteiger charge is -2.22. The van der Waals surface area contributed by atoms with Crippen molar-refractivity contribution < 1.29 is 17.7 Å². The summed E-state index contributed by atoms with van der Waals surface area (Å²) in [6.45, 7) is 0.407. The lowest BCUT2D eigenvalue weighted by Crippen LogP contribution is -2.37. The van der Waals surface area contributed by atoms with Crippen molar-refractivity contribution in [1.29, 1.82) is 0 Å². The number of rotatable bonds is 6. The molecule has 1 aliphatic rings. The number of ether oxygens (including phenoxy) is 1. The van der Waals surface area contributed by atoms with Gasteiger partial charge in [0.1, 0.15) is 6.61 Å². The van der Waals surface area contributed by atoms with Gasteiger partial charge < -0.3 is 10.1 Å². The van der Waals surface area contributed by atoms with E-state index in [4.69, 9.17) is 4.74 Å². The van der Waals surface area contributed by atoms with Crippen molar-refractivity contribution in [2.45, 2.75) is 25.3 Å². The van der Waals surface area contributed by atoms with E-state index in [0.29, 0.717) is 19.2 Å². The molecular weight excluding hydrogens is 224 g/mol. The Morgan fingerprint density at radius 3 is 2.67 bits per heavy atom. The number of hydrogen-bond donors (Lipinski definition) is 1. The van der Waals surface area contributed by atoms with Crippen LogP contribution in [0.5, 0.6) is 0 Å². The van der Waals surface area contributed by atoms with Gasteiger partial charge in [-0.15, -0.1) is 0 Å². The second-order valence-corrected chi connectivity index (χ2v) is 5.24. The maximum atomic E-state index is 11.7. The van der Waals surface area contributed by atoms with Gasteiger partial charge in [0, 0.05) is 34.9 Å². The second kappa shape index (κ2) is 7.24. The van der Waals surface area contributed by atoms with Gasteiger partial charge in [-0.1, -0.05) is 0 Å². The number of nitrogens with one attached hydrogen (secondary N) is 1. The molecule has 15 heavy (non-hydrogen) atoms. The zero-order valence-corrected chi connectivity index (χ0v) is 9.40. The topological polar surface area (TPSA) is 38.3 Å². The van der Waals surface area contributed by atoms with Crippen LogP contribution < -0.4 is 5.32 Å². The molecule has 0 aromatic carbocycles. The Balaban J connectivity index is 1.94. The Labute approximate surface area is 91.0 Å². The fraction of sp³-hybridized carbons (Fsp3) is 1.00. The maximum absolute atomic E-state index is 11.7. The van der Waals surface area contributed by atoms with Gasteiger partial charge in [0.15, 0.2) is 0 Å². The molecule has 0 aromatic rings. The van der Waals surface area contributed by atoms with Crippen LogP contribution in [0.15, 0.2) is 0 Å². The molecule has 1 N–H and O–H groups in total. The molecule has 0 spiro atoms. The first kappa shape index (κ1) is 13.0. The van der Waals surface area contributed by atoms with Crippen molar-refractivity contribution in [3.8, 4) is 0 Å². The number of halogens is 2. The summed E-state index contributed by atoms with van der Waals surface area (Å²) in [5.41, 5.74) is 0. The van der Waals surface area contributed by atoms with E-state index in [1.165, 1.54) is 0 Å². The molecule has 0 aromatic heterocycles. The predicted octanol–water partition coefficient (Wildman–Crippen LogP) is 0.769. The summed E-state index contributed by atoms with van der Waals surface area (Å²) in [6.07, 6.45) is -0.578. The Kier molecular flexibility index (Phi) is 6.28. The third-order valence-corrected chi connectivity index (χ3v) is 3.69. The molecule has 1 heterocycles. The minimum absolute atomic E-state index is 0.309. The molecule has 1 rings (SSSR count). The maximum Gasteiger partial charge on any atom is 0.261 e. The van der Waals surface area contributed by atoms with E-state index in [-0.39, 0.29) is 0 Å². The van der Waals surface area contributed by atoms with Crippen LogP contribution in [-0.2, 0) is 15.5 Å². The molecule has 0 bridgehead atoms. The number of alkyl halides is 2. The minimum Gasteiger partial charge on any atom is -0.374 e. The summed E-state index contributed by atoms with van der Waals surface area (Å²) in [5.74, 6) is 1.49. The van der Waals surface area contributed by atoms with Crippen molar-refractivity contribution in [3.05, 3.63) is 0 Å². The first-order valence-corrected chi connectivity index (χ1v) is 6.61. The van der Waals surface area contributed by atoms with Gasteiger partial charge in [-0.25, -0.2) is 8.78 Å². The van der Waals surface area contributed by atoms with E-state index in [0.717, 1.165) is 24.3 Å². The van der Waals surface area contributed by atoms with Crippen molar-refractivity contribution >= 4 is 10.8 Å². The largest absolute Gasteiger partial charge is 0.374 e. The highest BCUT2D eigenvalue weighted by Gasteiger charge is 2.16. The van der Waals surface area contributed by atoms with Crippen LogP contribution in [0.3, 0.4) is 0 Å². The fourth-order valence-corrected chi connectivity index (χ4v) is 2.80. The molecule has 0 unspecified atom stereocenters. The first-order chi connectivity index (χ1) is 7.18. The van der Waals surface area contributed by atoms with Crippen LogP contribution in [0.2, 0.25) is 0 Å². The van der Waals surface area contributed by atoms with Crippen LogP contribution in [0.25, 0.3) is 0 Å². The summed E-state index contributed by atoms with van der Waals surface area (Å²) in [4.78, 5) is 0. The fourth-order valence-electron chi connectivity index (χ4n) is 1.51. The Hall–Kier alpha value is -0.0700. The van der Waals surface area contributed by atoms with Crippen LogP contribution in [0, 0.1) is 0 Å². The van der Waals surface area contributed by atoms with Crippen LogP contribution in [0.1, 0.15) is 12.8 Å². The Morgan fingerprint density at radius 1 is 1.40 bits per heavy atom. The van der Waals surface area contributed by atoms with Crippen LogP contribution in [-0.4, -0.2) is 47.9 Å². The monoisotopic (exact) mass is 241 g/mol. The molecule has 1 saturated heterocycles. The van der Waals surface area contributed by atoms with Gasteiger partial charge in [-0.3, -0.25) is 4.21 Å². The van der Waals surface area contributed by atoms with Crippen LogP contribution in [0.4, 0.5) is 8.78 Å². The third-order valence-electron chi connectivity index (χ3n) is 2.31. The van der Waals surface area contributed by atoms with Gasteiger partial charge >= 0.3 is 0 Å². The normalized spacial score (nSPS) is 27.1. The first-order valence-electron chi connectivity index (χ1n) is 5.12. The summed E-state index contributed by atoms with van der Waals surface area (Å²) in [7, 11) is -0.646. The van der Waals surface area contributed by atoms with E-state index in [2.05, 4.69) is 5.32 Å². The Morgan fingerprint density at radius 2 is 2.07 bits per heavy atom. The van der Waals surface area contributed by atoms with Crippen LogP contribution >= 0.6 is 0 Å². The molecule has 3 nitrogen and oxygen atoms in total. The highest BCUT2D eigenvalue weighted by Crippen LogP contribution is 2.08. The highest BCUT2D eigenvalue weighted by atomic mass is 32.2. The molecule has 0 aliphatic carbocycles. The van der Waals surface area contributed by atoms with Gasteiger partial charge in [-0.05, 0) is 12.8 Å². The van der Waals surface area contributed by atoms with Gasteiger partial charge in [0.2, 0.25) is 0 Å². The molecule has 0 saturated carbocycles. The standard InChI is InChI=1S/C9H17F2NO2S/c10-9(11)7-14-4-3-12-8-1-5-15(13)6-2-8/h8-9,12H,1-7H2. The molecule has 1 aliphatic heterocycles. The lowest BCUT2D eigenvalue weighted by atomic mass is 10.1. The molecule has 90 valence electrons. The van der Waals surface area contributed by atoms with Crippen molar-refractivity contribution in [2.24, 2.45) is 0 Å². The molecular formula is C9H17F2NO2S. The average Bonchev–Trinajstić information content (AvgIpc) is 2.20. The number of hydrogen-bond acceptors (Lipinski definition) is 3. The SMILES string of the molecule is O=S1CCC(NCCOCC(F)F)CC1. The highest BCUT2D eigenvalue weighted by molar-refractivity contribution is 7.85. The molecule has 0 atom stereocenters. The van der Waals surface area contributed by atoms with Gasteiger partial charge in [0.05, 0.1) is 6.61 Å². The van der Waals surface area contributed by atoms with Crippen molar-refractivity contribution in [2.75, 3.05) is 31.3 Å². The lowest BCUT2D eigenvalue weighted by molar-refractivity contribution is 0.0181. The summed E-state index contributed by atoms with van der Waals surface area (Å²) < 4.78 is 39.1. The second-order valence-electron chi connectivity index (χ2n) is 3.54. The minimum atomic E-state index is -2.39. The summed E-state index contributed by atoms with van der Waals surface area (Å²) >= 11 is 0. The van der Waals surface area contributed by atoms with E-state index in [1.54, 1.807) is 0 Å². The van der Waals surface area contributed by atoms with E-state index in [9.17, 15) is 13.0 Å². The van der Waals surface area contributed by atoms with E-state index < -0.39 is 23.8 Å². The predicted molar refractivity (Wildman–Crippen MR) is 55.7 cm³/mol. The molecule has 0 radical (unpaired) electrons. The zero-order chi connectivity index (χ0) is 11.1. The summed E-state index contributed by atoms with van der Waals surface area (Å²) in [5, 5.41) is 3.21. The van der Waals surface area contributed by atoms with Crippen molar-refractivity contribution in [1.82, 2.24) is 5.32 Å². The Bertz CT molecular complexity index is 195. The van der Waals surface area contributed by atoms with Gasteiger partial charge in [-0.2, -0.15) is 0 Å².